The zero-order chi connectivity index (χ0) is 22.0. The molecule has 156 valence electrons. The predicted octanol–water partition coefficient (Wildman–Crippen LogP) is 6.21. The lowest BCUT2D eigenvalue weighted by Crippen LogP contribution is -2.08. The molecule has 0 saturated carbocycles. The van der Waals surface area contributed by atoms with Gasteiger partial charge in [0.15, 0.2) is 5.78 Å². The second kappa shape index (κ2) is 8.84. The third-order valence-electron chi connectivity index (χ3n) is 5.04. The van der Waals surface area contributed by atoms with E-state index in [9.17, 15) is 14.7 Å². The van der Waals surface area contributed by atoms with Crippen molar-refractivity contribution in [2.24, 2.45) is 0 Å². The number of carboxylic acid groups (broad SMARTS) is 1. The van der Waals surface area contributed by atoms with Gasteiger partial charge < -0.3 is 15.4 Å². The fourth-order valence-corrected chi connectivity index (χ4v) is 4.25. The number of benzene rings is 3. The van der Waals surface area contributed by atoms with Gasteiger partial charge in [-0.15, -0.1) is 0 Å². The molecule has 0 unspecified atom stereocenters. The summed E-state index contributed by atoms with van der Waals surface area (Å²) in [6, 6.07) is 20.1. The molecule has 0 amide bonds. The normalized spacial score (nSPS) is 10.9. The number of rotatable bonds is 7. The van der Waals surface area contributed by atoms with Crippen LogP contribution in [0.25, 0.3) is 10.9 Å². The number of aromatic carboxylic acids is 1. The van der Waals surface area contributed by atoms with Gasteiger partial charge in [0.2, 0.25) is 0 Å². The second-order valence-corrected chi connectivity index (χ2v) is 7.84. The van der Waals surface area contributed by atoms with E-state index in [-0.39, 0.29) is 22.9 Å². The number of anilines is 1. The lowest BCUT2D eigenvalue weighted by Gasteiger charge is -2.12. The Morgan fingerprint density at radius 1 is 0.968 bits per heavy atom. The van der Waals surface area contributed by atoms with Gasteiger partial charge in [0.25, 0.3) is 0 Å². The van der Waals surface area contributed by atoms with Crippen LogP contribution in [0.15, 0.2) is 66.7 Å². The first-order chi connectivity index (χ1) is 15.0. The number of carboxylic acids is 1. The first kappa shape index (κ1) is 21.0. The van der Waals surface area contributed by atoms with E-state index >= 15 is 0 Å². The Hall–Kier alpha value is -3.28. The molecule has 31 heavy (non-hydrogen) atoms. The highest BCUT2D eigenvalue weighted by molar-refractivity contribution is 6.43. The molecule has 1 heterocycles. The van der Waals surface area contributed by atoms with Crippen LogP contribution >= 0.6 is 23.2 Å². The van der Waals surface area contributed by atoms with Crippen molar-refractivity contribution in [2.75, 3.05) is 5.32 Å². The maximum Gasteiger partial charge on any atom is 0.352 e. The minimum absolute atomic E-state index is 0.0718. The summed E-state index contributed by atoms with van der Waals surface area (Å²) in [5, 5.41) is 14.0. The van der Waals surface area contributed by atoms with E-state index in [1.54, 1.807) is 30.3 Å². The van der Waals surface area contributed by atoms with Crippen LogP contribution in [0.5, 0.6) is 0 Å². The van der Waals surface area contributed by atoms with E-state index in [2.05, 4.69) is 10.3 Å². The number of H-pyrrole nitrogens is 1. The van der Waals surface area contributed by atoms with E-state index < -0.39 is 5.97 Å². The molecule has 7 heteroatoms. The number of hydrogen-bond acceptors (Lipinski definition) is 3. The molecule has 5 nitrogen and oxygen atoms in total. The SMILES string of the molecule is O=C(Cc1c(C(=O)O)[nH]c2cc(Cl)c(NCc3ccccc3)c(Cl)c12)c1ccccc1. The lowest BCUT2D eigenvalue weighted by molar-refractivity contribution is 0.0690. The number of aromatic amines is 1. The van der Waals surface area contributed by atoms with Gasteiger partial charge in [0, 0.05) is 35.0 Å². The molecule has 0 fully saturated rings. The molecular formula is C24H18Cl2N2O3. The molecule has 4 aromatic rings. The molecule has 3 aromatic carbocycles. The van der Waals surface area contributed by atoms with Crippen molar-refractivity contribution in [1.29, 1.82) is 0 Å². The van der Waals surface area contributed by atoms with Crippen molar-refractivity contribution in [3.05, 3.63) is 99.2 Å². The van der Waals surface area contributed by atoms with Crippen molar-refractivity contribution in [3.63, 3.8) is 0 Å². The summed E-state index contributed by atoms with van der Waals surface area (Å²) in [6.07, 6.45) is -0.106. The average molecular weight is 453 g/mol. The number of fused-ring (bicyclic) bond motifs is 1. The fourth-order valence-electron chi connectivity index (χ4n) is 3.54. The number of carbonyl (C=O) groups is 2. The molecule has 0 atom stereocenters. The van der Waals surface area contributed by atoms with E-state index in [0.29, 0.717) is 39.3 Å². The van der Waals surface area contributed by atoms with Crippen LogP contribution < -0.4 is 5.32 Å². The van der Waals surface area contributed by atoms with Crippen LogP contribution in [0.3, 0.4) is 0 Å². The van der Waals surface area contributed by atoms with Gasteiger partial charge in [-0.1, -0.05) is 83.9 Å². The molecule has 3 N–H and O–H groups in total. The maximum atomic E-state index is 12.8. The minimum atomic E-state index is -1.17. The zero-order valence-electron chi connectivity index (χ0n) is 16.3. The number of halogens is 2. The van der Waals surface area contributed by atoms with Gasteiger partial charge in [0.1, 0.15) is 5.69 Å². The van der Waals surface area contributed by atoms with Crippen LogP contribution in [-0.2, 0) is 13.0 Å². The fraction of sp³-hybridized carbons (Fsp3) is 0.0833. The monoisotopic (exact) mass is 452 g/mol. The number of aromatic nitrogens is 1. The van der Waals surface area contributed by atoms with E-state index in [1.807, 2.05) is 36.4 Å². The van der Waals surface area contributed by atoms with Crippen molar-refractivity contribution in [1.82, 2.24) is 4.98 Å². The summed E-state index contributed by atoms with van der Waals surface area (Å²) >= 11 is 13.1. The molecule has 0 saturated heterocycles. The molecule has 0 bridgehead atoms. The molecule has 0 spiro atoms. The largest absolute Gasteiger partial charge is 0.477 e. The van der Waals surface area contributed by atoms with E-state index in [0.717, 1.165) is 5.56 Å². The highest BCUT2D eigenvalue weighted by Gasteiger charge is 2.24. The van der Waals surface area contributed by atoms with Crippen molar-refractivity contribution in [3.8, 4) is 0 Å². The zero-order valence-corrected chi connectivity index (χ0v) is 17.8. The minimum Gasteiger partial charge on any atom is -0.477 e. The van der Waals surface area contributed by atoms with Gasteiger partial charge in [-0.3, -0.25) is 4.79 Å². The molecule has 0 aliphatic carbocycles. The Bertz CT molecular complexity index is 1270. The first-order valence-corrected chi connectivity index (χ1v) is 10.3. The number of Topliss-reactive ketones (excluding diaryl/α,β-unsaturated/α-hetero) is 1. The highest BCUT2D eigenvalue weighted by Crippen LogP contribution is 2.40. The Balaban J connectivity index is 1.77. The first-order valence-electron chi connectivity index (χ1n) is 9.57. The maximum absolute atomic E-state index is 12.8. The highest BCUT2D eigenvalue weighted by atomic mass is 35.5. The topological polar surface area (TPSA) is 82.2 Å². The number of nitrogens with one attached hydrogen (secondary N) is 2. The smallest absolute Gasteiger partial charge is 0.352 e. The van der Waals surface area contributed by atoms with Crippen molar-refractivity contribution in [2.45, 2.75) is 13.0 Å². The number of carbonyl (C=O) groups excluding carboxylic acids is 1. The molecule has 1 aromatic heterocycles. The standard InChI is InChI=1S/C24H18Cl2N2O3/c25-17-12-18-20(21(26)23(17)27-13-14-7-3-1-4-8-14)16(22(28-18)24(30)31)11-19(29)15-9-5-2-6-10-15/h1-10,12,27-28H,11,13H2,(H,30,31). The van der Waals surface area contributed by atoms with Crippen LogP contribution in [0, 0.1) is 0 Å². The molecule has 0 aliphatic heterocycles. The van der Waals surface area contributed by atoms with Crippen LogP contribution in [0.1, 0.15) is 32.0 Å². The average Bonchev–Trinajstić information content (AvgIpc) is 3.13. The summed E-state index contributed by atoms with van der Waals surface area (Å²) in [5.74, 6) is -1.37. The lowest BCUT2D eigenvalue weighted by atomic mass is 10.00. The Labute approximate surface area is 188 Å². The number of ketones is 1. The Morgan fingerprint density at radius 2 is 1.61 bits per heavy atom. The summed E-state index contributed by atoms with van der Waals surface area (Å²) in [5.41, 5.74) is 2.76. The van der Waals surface area contributed by atoms with E-state index in [1.165, 1.54) is 0 Å². The quantitative estimate of drug-likeness (QED) is 0.291. The molecule has 4 rings (SSSR count). The summed E-state index contributed by atoms with van der Waals surface area (Å²) in [7, 11) is 0. The van der Waals surface area contributed by atoms with Gasteiger partial charge in [0.05, 0.1) is 15.7 Å². The van der Waals surface area contributed by atoms with Crippen LogP contribution in [-0.4, -0.2) is 21.8 Å². The number of hydrogen-bond donors (Lipinski definition) is 3. The molecule has 0 radical (unpaired) electrons. The van der Waals surface area contributed by atoms with Crippen molar-refractivity contribution < 1.29 is 14.7 Å². The van der Waals surface area contributed by atoms with Gasteiger partial charge in [-0.05, 0) is 11.6 Å². The summed E-state index contributed by atoms with van der Waals surface area (Å²) in [6.45, 7) is 0.486. The summed E-state index contributed by atoms with van der Waals surface area (Å²) < 4.78 is 0. The predicted molar refractivity (Wildman–Crippen MR) is 124 cm³/mol. The Morgan fingerprint density at radius 3 is 2.26 bits per heavy atom. The second-order valence-electron chi connectivity index (χ2n) is 7.06. The van der Waals surface area contributed by atoms with Crippen molar-refractivity contribution >= 4 is 51.5 Å². The third kappa shape index (κ3) is 4.29. The molecule has 0 aliphatic rings. The third-order valence-corrected chi connectivity index (χ3v) is 5.72. The van der Waals surface area contributed by atoms with Gasteiger partial charge in [-0.25, -0.2) is 4.79 Å². The van der Waals surface area contributed by atoms with Gasteiger partial charge in [-0.2, -0.15) is 0 Å². The van der Waals surface area contributed by atoms with Crippen LogP contribution in [0.4, 0.5) is 5.69 Å². The van der Waals surface area contributed by atoms with Crippen LogP contribution in [0.2, 0.25) is 10.0 Å². The van der Waals surface area contributed by atoms with E-state index in [4.69, 9.17) is 23.2 Å². The summed E-state index contributed by atoms with van der Waals surface area (Å²) in [4.78, 5) is 27.5. The van der Waals surface area contributed by atoms with Gasteiger partial charge >= 0.3 is 5.97 Å². The molecular weight excluding hydrogens is 435 g/mol. The Kier molecular flexibility index (Phi) is 5.98.